The summed E-state index contributed by atoms with van der Waals surface area (Å²) in [5, 5.41) is 1.31. The molecule has 0 bridgehead atoms. The summed E-state index contributed by atoms with van der Waals surface area (Å²) in [6, 6.07) is 0. The summed E-state index contributed by atoms with van der Waals surface area (Å²) in [4.78, 5) is 31.9. The smallest absolute Gasteiger partial charge is 0.248 e. The molecule has 0 N–H and O–H groups in total. The maximum absolute atomic E-state index is 12.3. The van der Waals surface area contributed by atoms with E-state index in [2.05, 4.69) is 27.7 Å². The fourth-order valence-corrected chi connectivity index (χ4v) is 5.20. The van der Waals surface area contributed by atoms with Crippen LogP contribution in [-0.4, -0.2) is 107 Å². The van der Waals surface area contributed by atoms with E-state index >= 15 is 0 Å². The van der Waals surface area contributed by atoms with Gasteiger partial charge in [-0.15, -0.1) is 0 Å². The number of likely N-dealkylation sites (N-methyl/N-ethyl adjacent to an activating group) is 2. The zero-order chi connectivity index (χ0) is 26.9. The van der Waals surface area contributed by atoms with Gasteiger partial charge < -0.3 is 19.3 Å². The molecule has 2 amide bonds. The minimum atomic E-state index is -0.0645. The molecule has 0 unspecified atom stereocenters. The van der Waals surface area contributed by atoms with Crippen molar-refractivity contribution in [2.75, 3.05) is 65.7 Å². The second-order valence-corrected chi connectivity index (χ2v) is 12.0. The lowest BCUT2D eigenvalue weighted by atomic mass is 9.87. The molecule has 2 rings (SSSR count). The maximum atomic E-state index is 12.3. The molecule has 2 aliphatic heterocycles. The number of amides is 2. The average Bonchev–Trinajstić information content (AvgIpc) is 3.23. The van der Waals surface area contributed by atoms with Crippen LogP contribution >= 0.6 is 24.4 Å². The van der Waals surface area contributed by atoms with E-state index in [4.69, 9.17) is 33.9 Å². The standard InChI is InChI=1S/C26H46N4O4S2/c1-7-27-17-21(31)29(23(27)35)19-25(3,4)11-9-13-33-14-10-15-34-16-12-26(5,6)20-30-22(32)18-28(8-2)24(30)36/h7-20H2,1-6H3. The molecular weight excluding hydrogens is 496 g/mol. The highest BCUT2D eigenvalue weighted by molar-refractivity contribution is 7.80. The Morgan fingerprint density at radius 3 is 1.56 bits per heavy atom. The molecule has 0 aromatic heterocycles. The van der Waals surface area contributed by atoms with Gasteiger partial charge in [0.15, 0.2) is 10.2 Å². The number of hydrogen-bond donors (Lipinski definition) is 0. The van der Waals surface area contributed by atoms with Crippen molar-refractivity contribution < 1.29 is 19.1 Å². The van der Waals surface area contributed by atoms with Crippen LogP contribution in [0.5, 0.6) is 0 Å². The molecule has 2 saturated heterocycles. The fraction of sp³-hybridized carbons (Fsp3) is 0.846. The van der Waals surface area contributed by atoms with Crippen LogP contribution in [0, 0.1) is 10.8 Å². The van der Waals surface area contributed by atoms with Gasteiger partial charge in [0, 0.05) is 52.6 Å². The molecular formula is C26H46N4O4S2. The van der Waals surface area contributed by atoms with Gasteiger partial charge in [-0.25, -0.2) is 0 Å². The first-order valence-electron chi connectivity index (χ1n) is 13.2. The fourth-order valence-electron chi connectivity index (χ4n) is 4.48. The van der Waals surface area contributed by atoms with Crippen molar-refractivity contribution in [3.8, 4) is 0 Å². The molecule has 10 heteroatoms. The second kappa shape index (κ2) is 14.0. The van der Waals surface area contributed by atoms with Gasteiger partial charge in [-0.2, -0.15) is 0 Å². The summed E-state index contributed by atoms with van der Waals surface area (Å²) >= 11 is 10.9. The minimum absolute atomic E-state index is 0.0129. The third kappa shape index (κ3) is 9.19. The number of nitrogens with zero attached hydrogens (tertiary/aromatic N) is 4. The highest BCUT2D eigenvalue weighted by Gasteiger charge is 2.36. The molecule has 2 fully saturated rings. The van der Waals surface area contributed by atoms with Crippen LogP contribution in [0.3, 0.4) is 0 Å². The van der Waals surface area contributed by atoms with Crippen LogP contribution in [0.1, 0.15) is 67.2 Å². The van der Waals surface area contributed by atoms with E-state index in [1.54, 1.807) is 9.80 Å². The van der Waals surface area contributed by atoms with Gasteiger partial charge in [0.05, 0.1) is 13.1 Å². The predicted octanol–water partition coefficient (Wildman–Crippen LogP) is 3.53. The largest absolute Gasteiger partial charge is 0.381 e. The van der Waals surface area contributed by atoms with Crippen LogP contribution in [0.4, 0.5) is 0 Å². The number of hydrogen-bond acceptors (Lipinski definition) is 6. The number of thiocarbonyl (C=S) groups is 2. The van der Waals surface area contributed by atoms with Crippen molar-refractivity contribution in [1.82, 2.24) is 19.6 Å². The van der Waals surface area contributed by atoms with Crippen LogP contribution in [0.15, 0.2) is 0 Å². The van der Waals surface area contributed by atoms with Crippen LogP contribution in [0.2, 0.25) is 0 Å². The molecule has 2 aliphatic rings. The predicted molar refractivity (Wildman–Crippen MR) is 151 cm³/mol. The van der Waals surface area contributed by atoms with Crippen LogP contribution < -0.4 is 0 Å². The Morgan fingerprint density at radius 1 is 0.694 bits per heavy atom. The highest BCUT2D eigenvalue weighted by Crippen LogP contribution is 2.27. The summed E-state index contributed by atoms with van der Waals surface area (Å²) in [7, 11) is 0. The van der Waals surface area contributed by atoms with E-state index in [1.807, 2.05) is 23.6 Å². The van der Waals surface area contributed by atoms with E-state index in [0.717, 1.165) is 38.8 Å². The third-order valence-electron chi connectivity index (χ3n) is 6.84. The van der Waals surface area contributed by atoms with E-state index in [9.17, 15) is 9.59 Å². The van der Waals surface area contributed by atoms with E-state index < -0.39 is 0 Å². The zero-order valence-corrected chi connectivity index (χ0v) is 24.8. The monoisotopic (exact) mass is 542 g/mol. The SMILES string of the molecule is CCN1CC(=O)N(CC(C)(C)CCCOCCCOCCC(C)(C)CN2C(=O)CN(CC)C2=S)C1=S. The van der Waals surface area contributed by atoms with Gasteiger partial charge in [-0.05, 0) is 74.8 Å². The second-order valence-electron chi connectivity index (χ2n) is 11.3. The van der Waals surface area contributed by atoms with Gasteiger partial charge in [-0.1, -0.05) is 27.7 Å². The molecule has 206 valence electrons. The Bertz CT molecular complexity index is 726. The lowest BCUT2D eigenvalue weighted by Crippen LogP contribution is -2.40. The number of rotatable bonds is 17. The highest BCUT2D eigenvalue weighted by atomic mass is 32.1. The first-order chi connectivity index (χ1) is 16.9. The van der Waals surface area contributed by atoms with Crippen molar-refractivity contribution in [1.29, 1.82) is 0 Å². The number of carbonyl (C=O) groups is 2. The Hall–Kier alpha value is -1.36. The van der Waals surface area contributed by atoms with Crippen molar-refractivity contribution in [2.24, 2.45) is 10.8 Å². The van der Waals surface area contributed by atoms with Crippen molar-refractivity contribution in [3.63, 3.8) is 0 Å². The summed E-state index contributed by atoms with van der Waals surface area (Å²) < 4.78 is 11.6. The maximum Gasteiger partial charge on any atom is 0.248 e. The van der Waals surface area contributed by atoms with Gasteiger partial charge in [0.1, 0.15) is 0 Å². The molecule has 0 aromatic carbocycles. The van der Waals surface area contributed by atoms with Crippen LogP contribution in [0.25, 0.3) is 0 Å². The third-order valence-corrected chi connectivity index (χ3v) is 7.79. The van der Waals surface area contributed by atoms with Crippen molar-refractivity contribution in [2.45, 2.75) is 67.2 Å². The van der Waals surface area contributed by atoms with Gasteiger partial charge >= 0.3 is 0 Å². The average molecular weight is 543 g/mol. The molecule has 0 aromatic rings. The molecule has 2 heterocycles. The molecule has 36 heavy (non-hydrogen) atoms. The summed E-state index contributed by atoms with van der Waals surface area (Å²) in [5.74, 6) is 0.193. The number of ether oxygens (including phenoxy) is 2. The topological polar surface area (TPSA) is 65.6 Å². The Balaban J connectivity index is 1.52. The first kappa shape index (κ1) is 30.9. The first-order valence-corrected chi connectivity index (χ1v) is 14.1. The minimum Gasteiger partial charge on any atom is -0.381 e. The van der Waals surface area contributed by atoms with Crippen molar-refractivity contribution >= 4 is 46.5 Å². The molecule has 0 atom stereocenters. The Labute approximate surface area is 228 Å². The van der Waals surface area contributed by atoms with Crippen molar-refractivity contribution in [3.05, 3.63) is 0 Å². The summed E-state index contributed by atoms with van der Waals surface area (Å²) in [6.07, 6.45) is 3.63. The van der Waals surface area contributed by atoms with Gasteiger partial charge in [-0.3, -0.25) is 19.4 Å². The Kier molecular flexibility index (Phi) is 12.0. The van der Waals surface area contributed by atoms with Crippen LogP contribution in [-0.2, 0) is 19.1 Å². The summed E-state index contributed by atoms with van der Waals surface area (Å²) in [6.45, 7) is 19.0. The lowest BCUT2D eigenvalue weighted by Gasteiger charge is -2.30. The summed E-state index contributed by atoms with van der Waals surface area (Å²) in [5.41, 5.74) is -0.0774. The molecule has 0 radical (unpaired) electrons. The van der Waals surface area contributed by atoms with Gasteiger partial charge in [0.2, 0.25) is 11.8 Å². The van der Waals surface area contributed by atoms with Gasteiger partial charge in [0.25, 0.3) is 0 Å². The zero-order valence-electron chi connectivity index (χ0n) is 23.1. The molecule has 0 saturated carbocycles. The van der Waals surface area contributed by atoms with E-state index in [0.29, 0.717) is 62.8 Å². The molecule has 0 spiro atoms. The quantitative estimate of drug-likeness (QED) is 0.204. The Morgan fingerprint density at radius 2 is 1.11 bits per heavy atom. The normalized spacial score (nSPS) is 17.4. The lowest BCUT2D eigenvalue weighted by molar-refractivity contribution is -0.126. The van der Waals surface area contributed by atoms with E-state index in [1.165, 1.54) is 0 Å². The van der Waals surface area contributed by atoms with E-state index in [-0.39, 0.29) is 22.6 Å². The molecule has 0 aliphatic carbocycles. The molecule has 8 nitrogen and oxygen atoms in total. The number of carbonyl (C=O) groups excluding carboxylic acids is 2.